The highest BCUT2D eigenvalue weighted by molar-refractivity contribution is 5.92. The quantitative estimate of drug-likeness (QED) is 0.916. The summed E-state index contributed by atoms with van der Waals surface area (Å²) in [7, 11) is 0. The summed E-state index contributed by atoms with van der Waals surface area (Å²) < 4.78 is 0. The van der Waals surface area contributed by atoms with Gasteiger partial charge in [0.2, 0.25) is 5.91 Å². The lowest BCUT2D eigenvalue weighted by molar-refractivity contribution is -0.119. The third-order valence-electron chi connectivity index (χ3n) is 3.84. The van der Waals surface area contributed by atoms with Gasteiger partial charge in [-0.05, 0) is 37.1 Å². The van der Waals surface area contributed by atoms with Gasteiger partial charge in [-0.3, -0.25) is 9.78 Å². The standard InChI is InChI=1S/C17H18N2O/c20-17(14-5-1-2-6-14)19-15-10-8-13(9-11-15)16-7-3-4-12-18-16/h3-4,7-12,14H,1-2,5-6H2,(H,19,20). The van der Waals surface area contributed by atoms with Crippen molar-refractivity contribution in [1.29, 1.82) is 0 Å². The predicted octanol–water partition coefficient (Wildman–Crippen LogP) is 3.88. The van der Waals surface area contributed by atoms with E-state index in [2.05, 4.69) is 10.3 Å². The fourth-order valence-corrected chi connectivity index (χ4v) is 2.69. The normalized spacial score (nSPS) is 15.2. The molecular formula is C17H18N2O. The predicted molar refractivity (Wildman–Crippen MR) is 80.3 cm³/mol. The third-order valence-corrected chi connectivity index (χ3v) is 3.84. The molecule has 3 nitrogen and oxygen atoms in total. The van der Waals surface area contributed by atoms with Crippen molar-refractivity contribution in [2.75, 3.05) is 5.32 Å². The van der Waals surface area contributed by atoms with Gasteiger partial charge < -0.3 is 5.32 Å². The van der Waals surface area contributed by atoms with Gasteiger partial charge in [-0.1, -0.05) is 31.0 Å². The van der Waals surface area contributed by atoms with Gasteiger partial charge in [-0.2, -0.15) is 0 Å². The summed E-state index contributed by atoms with van der Waals surface area (Å²) in [5, 5.41) is 3.00. The number of amides is 1. The second-order valence-corrected chi connectivity index (χ2v) is 5.26. The van der Waals surface area contributed by atoms with E-state index in [9.17, 15) is 4.79 Å². The molecule has 0 spiro atoms. The van der Waals surface area contributed by atoms with E-state index in [0.717, 1.165) is 29.8 Å². The molecule has 1 aromatic carbocycles. The molecule has 1 saturated carbocycles. The van der Waals surface area contributed by atoms with Crippen LogP contribution < -0.4 is 5.32 Å². The molecule has 1 heterocycles. The molecule has 20 heavy (non-hydrogen) atoms. The highest BCUT2D eigenvalue weighted by Crippen LogP contribution is 2.26. The number of carbonyl (C=O) groups is 1. The lowest BCUT2D eigenvalue weighted by atomic mass is 10.1. The van der Waals surface area contributed by atoms with Crippen molar-refractivity contribution < 1.29 is 4.79 Å². The fraction of sp³-hybridized carbons (Fsp3) is 0.294. The average Bonchev–Trinajstić information content (AvgIpc) is 3.03. The lowest BCUT2D eigenvalue weighted by Gasteiger charge is -2.10. The summed E-state index contributed by atoms with van der Waals surface area (Å²) in [6, 6.07) is 13.7. The van der Waals surface area contributed by atoms with Crippen molar-refractivity contribution >= 4 is 11.6 Å². The molecule has 0 unspecified atom stereocenters. The van der Waals surface area contributed by atoms with Crippen LogP contribution in [0.1, 0.15) is 25.7 Å². The Balaban J connectivity index is 1.68. The van der Waals surface area contributed by atoms with Crippen LogP contribution in [0.15, 0.2) is 48.7 Å². The number of nitrogens with one attached hydrogen (secondary N) is 1. The molecule has 2 aromatic rings. The summed E-state index contributed by atoms with van der Waals surface area (Å²) in [4.78, 5) is 16.4. The molecule has 0 bridgehead atoms. The zero-order chi connectivity index (χ0) is 13.8. The smallest absolute Gasteiger partial charge is 0.227 e. The van der Waals surface area contributed by atoms with Gasteiger partial charge in [0.05, 0.1) is 5.69 Å². The minimum atomic E-state index is 0.160. The van der Waals surface area contributed by atoms with Crippen molar-refractivity contribution in [2.45, 2.75) is 25.7 Å². The van der Waals surface area contributed by atoms with E-state index in [0.29, 0.717) is 0 Å². The summed E-state index contributed by atoms with van der Waals surface area (Å²) in [5.41, 5.74) is 2.87. The average molecular weight is 266 g/mol. The molecule has 0 atom stereocenters. The van der Waals surface area contributed by atoms with Crippen LogP contribution in [0.5, 0.6) is 0 Å². The Morgan fingerprint density at radius 1 is 1.05 bits per heavy atom. The second-order valence-electron chi connectivity index (χ2n) is 5.26. The van der Waals surface area contributed by atoms with Crippen molar-refractivity contribution in [2.24, 2.45) is 5.92 Å². The molecule has 102 valence electrons. The van der Waals surface area contributed by atoms with Crippen LogP contribution in [0.3, 0.4) is 0 Å². The molecule has 3 rings (SSSR count). The first-order valence-electron chi connectivity index (χ1n) is 7.15. The minimum Gasteiger partial charge on any atom is -0.326 e. The molecule has 1 aliphatic rings. The topological polar surface area (TPSA) is 42.0 Å². The number of rotatable bonds is 3. The largest absolute Gasteiger partial charge is 0.326 e. The molecule has 0 radical (unpaired) electrons. The van der Waals surface area contributed by atoms with Gasteiger partial charge in [-0.25, -0.2) is 0 Å². The molecule has 0 saturated heterocycles. The summed E-state index contributed by atoms with van der Waals surface area (Å²) >= 11 is 0. The Labute approximate surface area is 119 Å². The van der Waals surface area contributed by atoms with E-state index in [1.54, 1.807) is 6.20 Å². The van der Waals surface area contributed by atoms with Crippen LogP contribution in [-0.2, 0) is 4.79 Å². The molecule has 1 amide bonds. The lowest BCUT2D eigenvalue weighted by Crippen LogP contribution is -2.20. The van der Waals surface area contributed by atoms with Crippen LogP contribution in [0.2, 0.25) is 0 Å². The molecule has 0 aliphatic heterocycles. The van der Waals surface area contributed by atoms with Crippen LogP contribution in [0.4, 0.5) is 5.69 Å². The number of anilines is 1. The Morgan fingerprint density at radius 3 is 2.45 bits per heavy atom. The Morgan fingerprint density at radius 2 is 1.80 bits per heavy atom. The molecule has 1 aromatic heterocycles. The molecule has 1 N–H and O–H groups in total. The Kier molecular flexibility index (Phi) is 3.77. The maximum absolute atomic E-state index is 12.0. The zero-order valence-corrected chi connectivity index (χ0v) is 11.4. The molecule has 3 heteroatoms. The van der Waals surface area contributed by atoms with E-state index in [-0.39, 0.29) is 11.8 Å². The summed E-state index contributed by atoms with van der Waals surface area (Å²) in [5.74, 6) is 0.360. The van der Waals surface area contributed by atoms with Crippen LogP contribution in [-0.4, -0.2) is 10.9 Å². The third kappa shape index (κ3) is 2.87. The first-order valence-corrected chi connectivity index (χ1v) is 7.15. The minimum absolute atomic E-state index is 0.160. The highest BCUT2D eigenvalue weighted by atomic mass is 16.1. The summed E-state index contributed by atoms with van der Waals surface area (Å²) in [6.07, 6.45) is 6.19. The SMILES string of the molecule is O=C(Nc1ccc(-c2ccccn2)cc1)C1CCCC1. The number of pyridine rings is 1. The maximum Gasteiger partial charge on any atom is 0.227 e. The Bertz CT molecular complexity index is 572. The zero-order valence-electron chi connectivity index (χ0n) is 11.4. The van der Waals surface area contributed by atoms with Crippen LogP contribution >= 0.6 is 0 Å². The Hall–Kier alpha value is -2.16. The monoisotopic (exact) mass is 266 g/mol. The van der Waals surface area contributed by atoms with Crippen LogP contribution in [0.25, 0.3) is 11.3 Å². The fourth-order valence-electron chi connectivity index (χ4n) is 2.69. The second kappa shape index (κ2) is 5.87. The van der Waals surface area contributed by atoms with Gasteiger partial charge in [0, 0.05) is 23.4 Å². The summed E-state index contributed by atoms with van der Waals surface area (Å²) in [6.45, 7) is 0. The maximum atomic E-state index is 12.0. The van der Waals surface area contributed by atoms with E-state index in [1.165, 1.54) is 12.8 Å². The van der Waals surface area contributed by atoms with Crippen molar-refractivity contribution in [3.05, 3.63) is 48.7 Å². The number of aromatic nitrogens is 1. The number of hydrogen-bond acceptors (Lipinski definition) is 2. The van der Waals surface area contributed by atoms with Gasteiger partial charge in [-0.15, -0.1) is 0 Å². The first-order chi connectivity index (χ1) is 9.83. The number of benzene rings is 1. The number of hydrogen-bond donors (Lipinski definition) is 1. The highest BCUT2D eigenvalue weighted by Gasteiger charge is 2.22. The van der Waals surface area contributed by atoms with Crippen LogP contribution in [0, 0.1) is 5.92 Å². The van der Waals surface area contributed by atoms with Crippen molar-refractivity contribution in [3.63, 3.8) is 0 Å². The van der Waals surface area contributed by atoms with E-state index in [4.69, 9.17) is 0 Å². The van der Waals surface area contributed by atoms with Gasteiger partial charge in [0.1, 0.15) is 0 Å². The van der Waals surface area contributed by atoms with Gasteiger partial charge >= 0.3 is 0 Å². The van der Waals surface area contributed by atoms with Crippen molar-refractivity contribution in [3.8, 4) is 11.3 Å². The van der Waals surface area contributed by atoms with Gasteiger partial charge in [0.15, 0.2) is 0 Å². The van der Waals surface area contributed by atoms with Crippen molar-refractivity contribution in [1.82, 2.24) is 4.98 Å². The molecule has 1 fully saturated rings. The first kappa shape index (κ1) is 12.9. The van der Waals surface area contributed by atoms with Gasteiger partial charge in [0.25, 0.3) is 0 Å². The van der Waals surface area contributed by atoms with E-state index < -0.39 is 0 Å². The number of carbonyl (C=O) groups excluding carboxylic acids is 1. The number of nitrogens with zero attached hydrogens (tertiary/aromatic N) is 1. The van der Waals surface area contributed by atoms with E-state index >= 15 is 0 Å². The van der Waals surface area contributed by atoms with E-state index in [1.807, 2.05) is 42.5 Å². The molecular weight excluding hydrogens is 248 g/mol. The molecule has 1 aliphatic carbocycles.